The van der Waals surface area contributed by atoms with Crippen molar-refractivity contribution in [3.05, 3.63) is 23.4 Å². The number of pyridine rings is 1. The molecule has 1 rings (SSSR count). The second kappa shape index (κ2) is 6.40. The highest BCUT2D eigenvalue weighted by Gasteiger charge is 2.23. The third-order valence-electron chi connectivity index (χ3n) is 2.62. The highest BCUT2D eigenvalue weighted by atomic mass is 32.2. The Morgan fingerprint density at radius 3 is 2.48 bits per heavy atom. The first-order chi connectivity index (χ1) is 9.52. The number of sulfonamides is 1. The van der Waals surface area contributed by atoms with Gasteiger partial charge in [-0.1, -0.05) is 0 Å². The number of amides is 1. The molecule has 1 heterocycles. The van der Waals surface area contributed by atoms with E-state index in [0.29, 0.717) is 11.4 Å². The minimum absolute atomic E-state index is 0.176. The fraction of sp³-hybridized carbons (Fsp3) is 0.538. The average molecular weight is 314 g/mol. The molecule has 0 unspecified atom stereocenters. The number of hydrogen-bond acceptors (Lipinski definition) is 5. The minimum atomic E-state index is -3.33. The van der Waals surface area contributed by atoms with E-state index in [9.17, 15) is 13.2 Å². The predicted octanol–water partition coefficient (Wildman–Crippen LogP) is 0.489. The van der Waals surface area contributed by atoms with Crippen LogP contribution in [-0.2, 0) is 10.0 Å². The van der Waals surface area contributed by atoms with Gasteiger partial charge >= 0.3 is 0 Å². The van der Waals surface area contributed by atoms with E-state index in [4.69, 9.17) is 0 Å². The van der Waals surface area contributed by atoms with Gasteiger partial charge < -0.3 is 10.6 Å². The molecule has 0 fully saturated rings. The van der Waals surface area contributed by atoms with E-state index in [1.165, 1.54) is 0 Å². The standard InChI is InChI=1S/C13H22N4O3S/c1-9-6-10(7-11(14-4)16-9)12(18)15-8-13(2,3)17-21(5,19)20/h6-7,17H,8H2,1-5H3,(H,14,16)(H,15,18). The summed E-state index contributed by atoms with van der Waals surface area (Å²) < 4.78 is 25.0. The van der Waals surface area contributed by atoms with Crippen LogP contribution in [0.15, 0.2) is 12.1 Å². The van der Waals surface area contributed by atoms with Crippen LogP contribution in [0.25, 0.3) is 0 Å². The smallest absolute Gasteiger partial charge is 0.251 e. The summed E-state index contributed by atoms with van der Waals surface area (Å²) >= 11 is 0. The number of aromatic nitrogens is 1. The number of carbonyl (C=O) groups excluding carboxylic acids is 1. The molecule has 3 N–H and O–H groups in total. The summed E-state index contributed by atoms with van der Waals surface area (Å²) in [4.78, 5) is 16.3. The van der Waals surface area contributed by atoms with E-state index in [1.807, 2.05) is 0 Å². The van der Waals surface area contributed by atoms with Crippen molar-refractivity contribution in [3.8, 4) is 0 Å². The van der Waals surface area contributed by atoms with Crippen LogP contribution in [0.2, 0.25) is 0 Å². The lowest BCUT2D eigenvalue weighted by Gasteiger charge is -2.25. The van der Waals surface area contributed by atoms with Crippen LogP contribution in [0.3, 0.4) is 0 Å². The van der Waals surface area contributed by atoms with E-state index in [-0.39, 0.29) is 12.5 Å². The number of hydrogen-bond donors (Lipinski definition) is 3. The van der Waals surface area contributed by atoms with Gasteiger partial charge in [0.05, 0.1) is 6.26 Å². The first-order valence-corrected chi connectivity index (χ1v) is 8.35. The van der Waals surface area contributed by atoms with Crippen LogP contribution in [0.4, 0.5) is 5.82 Å². The highest BCUT2D eigenvalue weighted by molar-refractivity contribution is 7.88. The summed E-state index contributed by atoms with van der Waals surface area (Å²) in [5.74, 6) is 0.328. The van der Waals surface area contributed by atoms with Crippen molar-refractivity contribution < 1.29 is 13.2 Å². The predicted molar refractivity (Wildman–Crippen MR) is 82.9 cm³/mol. The van der Waals surface area contributed by atoms with E-state index in [2.05, 4.69) is 20.3 Å². The molecule has 0 saturated carbocycles. The van der Waals surface area contributed by atoms with E-state index >= 15 is 0 Å². The quantitative estimate of drug-likeness (QED) is 0.709. The summed E-state index contributed by atoms with van der Waals surface area (Å²) in [6.07, 6.45) is 1.09. The van der Waals surface area contributed by atoms with Gasteiger partial charge in [0.25, 0.3) is 5.91 Å². The zero-order chi connectivity index (χ0) is 16.3. The summed E-state index contributed by atoms with van der Waals surface area (Å²) in [5, 5.41) is 5.60. The van der Waals surface area contributed by atoms with Crippen molar-refractivity contribution >= 4 is 21.7 Å². The molecule has 0 atom stereocenters. The van der Waals surface area contributed by atoms with Crippen LogP contribution < -0.4 is 15.4 Å². The fourth-order valence-corrected chi connectivity index (χ4v) is 2.94. The molecule has 118 valence electrons. The topological polar surface area (TPSA) is 100 Å². The Morgan fingerprint density at radius 1 is 1.33 bits per heavy atom. The number of anilines is 1. The molecule has 0 aliphatic rings. The molecule has 1 amide bonds. The van der Waals surface area contributed by atoms with Gasteiger partial charge in [-0.05, 0) is 32.9 Å². The maximum Gasteiger partial charge on any atom is 0.251 e. The summed E-state index contributed by atoms with van der Waals surface area (Å²) in [5.41, 5.74) is 0.430. The number of carbonyl (C=O) groups is 1. The molecule has 8 heteroatoms. The second-order valence-electron chi connectivity index (χ2n) is 5.57. The van der Waals surface area contributed by atoms with Crippen molar-refractivity contribution in [1.82, 2.24) is 15.0 Å². The van der Waals surface area contributed by atoms with Gasteiger partial charge in [0.15, 0.2) is 0 Å². The van der Waals surface area contributed by atoms with Gasteiger partial charge in [0, 0.05) is 30.4 Å². The third kappa shape index (κ3) is 6.09. The van der Waals surface area contributed by atoms with Gasteiger partial charge in [-0.3, -0.25) is 4.79 Å². The molecule has 1 aromatic heterocycles. The number of rotatable bonds is 6. The van der Waals surface area contributed by atoms with Crippen molar-refractivity contribution in [2.75, 3.05) is 25.2 Å². The van der Waals surface area contributed by atoms with Crippen LogP contribution >= 0.6 is 0 Å². The number of nitrogens with zero attached hydrogens (tertiary/aromatic N) is 1. The molecule has 0 aliphatic heterocycles. The molecule has 21 heavy (non-hydrogen) atoms. The van der Waals surface area contributed by atoms with Crippen LogP contribution in [0, 0.1) is 6.92 Å². The Morgan fingerprint density at radius 2 is 1.95 bits per heavy atom. The van der Waals surface area contributed by atoms with Crippen molar-refractivity contribution in [1.29, 1.82) is 0 Å². The zero-order valence-corrected chi connectivity index (χ0v) is 13.8. The van der Waals surface area contributed by atoms with E-state index in [1.54, 1.807) is 40.0 Å². The lowest BCUT2D eigenvalue weighted by molar-refractivity contribution is 0.0944. The first kappa shape index (κ1) is 17.4. The minimum Gasteiger partial charge on any atom is -0.373 e. The van der Waals surface area contributed by atoms with Gasteiger partial charge in [-0.25, -0.2) is 18.1 Å². The Labute approximate surface area is 125 Å². The van der Waals surface area contributed by atoms with Crippen LogP contribution in [0.5, 0.6) is 0 Å². The number of aryl methyl sites for hydroxylation is 1. The van der Waals surface area contributed by atoms with E-state index in [0.717, 1.165) is 11.9 Å². The third-order valence-corrected chi connectivity index (χ3v) is 3.55. The normalized spacial score (nSPS) is 12.0. The summed E-state index contributed by atoms with van der Waals surface area (Å²) in [6.45, 7) is 5.37. The van der Waals surface area contributed by atoms with Gasteiger partial charge in [0.2, 0.25) is 10.0 Å². The fourth-order valence-electron chi connectivity index (χ4n) is 1.87. The molecule has 0 bridgehead atoms. The molecule has 0 aliphatic carbocycles. The monoisotopic (exact) mass is 314 g/mol. The summed E-state index contributed by atoms with van der Waals surface area (Å²) in [7, 11) is -1.61. The molecule has 7 nitrogen and oxygen atoms in total. The molecule has 0 aromatic carbocycles. The zero-order valence-electron chi connectivity index (χ0n) is 12.9. The molecular weight excluding hydrogens is 292 g/mol. The Balaban J connectivity index is 2.76. The van der Waals surface area contributed by atoms with Crippen molar-refractivity contribution in [2.45, 2.75) is 26.3 Å². The average Bonchev–Trinajstić information content (AvgIpc) is 2.32. The Kier molecular flexibility index (Phi) is 5.30. The Bertz CT molecular complexity index is 626. The maximum atomic E-state index is 12.1. The SMILES string of the molecule is CNc1cc(C(=O)NCC(C)(C)NS(C)(=O)=O)cc(C)n1. The van der Waals surface area contributed by atoms with Crippen LogP contribution in [0.1, 0.15) is 29.9 Å². The molecule has 1 aromatic rings. The number of nitrogens with one attached hydrogen (secondary N) is 3. The first-order valence-electron chi connectivity index (χ1n) is 6.46. The molecule has 0 saturated heterocycles. The lowest BCUT2D eigenvalue weighted by atomic mass is 10.1. The molecule has 0 spiro atoms. The maximum absolute atomic E-state index is 12.1. The molecule has 0 radical (unpaired) electrons. The second-order valence-corrected chi connectivity index (χ2v) is 7.32. The van der Waals surface area contributed by atoms with Crippen LogP contribution in [-0.4, -0.2) is 44.7 Å². The van der Waals surface area contributed by atoms with Crippen molar-refractivity contribution in [3.63, 3.8) is 0 Å². The summed E-state index contributed by atoms with van der Waals surface area (Å²) in [6, 6.07) is 3.31. The largest absolute Gasteiger partial charge is 0.373 e. The van der Waals surface area contributed by atoms with Crippen molar-refractivity contribution in [2.24, 2.45) is 0 Å². The van der Waals surface area contributed by atoms with Gasteiger partial charge in [-0.2, -0.15) is 0 Å². The van der Waals surface area contributed by atoms with Gasteiger partial charge in [-0.15, -0.1) is 0 Å². The van der Waals surface area contributed by atoms with Gasteiger partial charge in [0.1, 0.15) is 5.82 Å². The lowest BCUT2D eigenvalue weighted by Crippen LogP contribution is -2.51. The Hall–Kier alpha value is -1.67. The van der Waals surface area contributed by atoms with E-state index < -0.39 is 15.6 Å². The molecular formula is C13H22N4O3S. The highest BCUT2D eigenvalue weighted by Crippen LogP contribution is 2.10.